The number of nitriles is 1. The number of aromatic nitrogens is 2. The number of nitrogens with one attached hydrogen (secondary N) is 1. The number of carbonyl (C=O) groups excluding carboxylic acids is 1. The summed E-state index contributed by atoms with van der Waals surface area (Å²) in [7, 11) is 0. The topological polar surface area (TPSA) is 78.7 Å². The molecule has 0 radical (unpaired) electrons. The van der Waals surface area contributed by atoms with Crippen molar-refractivity contribution in [3.05, 3.63) is 70.3 Å². The highest BCUT2D eigenvalue weighted by molar-refractivity contribution is 8.00. The van der Waals surface area contributed by atoms with Gasteiger partial charge in [0, 0.05) is 11.3 Å². The lowest BCUT2D eigenvalue weighted by atomic mass is 10.0. The lowest BCUT2D eigenvalue weighted by Gasteiger charge is -2.13. The van der Waals surface area contributed by atoms with Gasteiger partial charge in [0.2, 0.25) is 5.13 Å². The minimum absolute atomic E-state index is 0.0559. The van der Waals surface area contributed by atoms with E-state index in [2.05, 4.69) is 15.5 Å². The maximum atomic E-state index is 13.0. The van der Waals surface area contributed by atoms with Crippen LogP contribution in [-0.4, -0.2) is 16.1 Å². The van der Waals surface area contributed by atoms with Crippen molar-refractivity contribution >= 4 is 34.1 Å². The molecule has 1 aromatic heterocycles. The molecule has 1 amide bonds. The summed E-state index contributed by atoms with van der Waals surface area (Å²) in [6.45, 7) is 0. The first kappa shape index (κ1) is 23.6. The van der Waals surface area contributed by atoms with Crippen molar-refractivity contribution in [1.29, 1.82) is 5.26 Å². The molecule has 0 fully saturated rings. The molecule has 166 valence electrons. The van der Waals surface area contributed by atoms with E-state index in [1.54, 1.807) is 24.3 Å². The largest absolute Gasteiger partial charge is 0.416 e. The number of amides is 1. The Hall–Kier alpha value is -3.11. The second-order valence-corrected chi connectivity index (χ2v) is 8.42. The molecule has 1 heterocycles. The van der Waals surface area contributed by atoms with E-state index in [-0.39, 0.29) is 11.2 Å². The summed E-state index contributed by atoms with van der Waals surface area (Å²) < 4.78 is 78.2. The number of halogens is 6. The van der Waals surface area contributed by atoms with Gasteiger partial charge in [-0.15, -0.1) is 10.2 Å². The summed E-state index contributed by atoms with van der Waals surface area (Å²) >= 11 is 2.17. The molecule has 1 N–H and O–H groups in total. The summed E-state index contributed by atoms with van der Waals surface area (Å²) in [6.07, 6.45) is -10.1. The molecular weight excluding hydrogens is 478 g/mol. The molecule has 0 unspecified atom stereocenters. The van der Waals surface area contributed by atoms with Crippen LogP contribution in [0.4, 0.5) is 31.5 Å². The van der Waals surface area contributed by atoms with Crippen LogP contribution in [0.15, 0.2) is 46.8 Å². The van der Waals surface area contributed by atoms with Crippen molar-refractivity contribution in [2.75, 3.05) is 5.32 Å². The standard InChI is InChI=1S/C19H10F6N4OS2/c20-18(21,22)13-5-12(6-14(7-13)19(23,24)25)15(30)27-16-28-29-17(32-16)31-9-11-3-1-10(8-26)2-4-11/h1-7H,9H2,(H,27,28,30). The number of carbonyl (C=O) groups is 1. The lowest BCUT2D eigenvalue weighted by molar-refractivity contribution is -0.143. The maximum Gasteiger partial charge on any atom is 0.416 e. The summed E-state index contributed by atoms with van der Waals surface area (Å²) in [4.78, 5) is 12.3. The molecule has 0 bridgehead atoms. The summed E-state index contributed by atoms with van der Waals surface area (Å²) in [5, 5.41) is 18.4. The molecule has 0 spiro atoms. The highest BCUT2D eigenvalue weighted by Crippen LogP contribution is 2.36. The van der Waals surface area contributed by atoms with Crippen molar-refractivity contribution in [1.82, 2.24) is 10.2 Å². The number of hydrogen-bond acceptors (Lipinski definition) is 6. The maximum absolute atomic E-state index is 13.0. The second-order valence-electron chi connectivity index (χ2n) is 6.22. The van der Waals surface area contributed by atoms with Crippen molar-refractivity contribution in [3.63, 3.8) is 0 Å². The minimum atomic E-state index is -5.06. The Bertz CT molecular complexity index is 1130. The fourth-order valence-electron chi connectivity index (χ4n) is 2.39. The third-order valence-electron chi connectivity index (χ3n) is 3.92. The van der Waals surface area contributed by atoms with E-state index in [0.717, 1.165) is 16.9 Å². The number of anilines is 1. The molecule has 5 nitrogen and oxygen atoms in total. The van der Waals surface area contributed by atoms with Gasteiger partial charge in [0.25, 0.3) is 5.91 Å². The zero-order valence-corrected chi connectivity index (χ0v) is 17.2. The van der Waals surface area contributed by atoms with Crippen molar-refractivity contribution < 1.29 is 31.1 Å². The monoisotopic (exact) mass is 488 g/mol. The van der Waals surface area contributed by atoms with E-state index < -0.39 is 35.0 Å². The molecule has 0 atom stereocenters. The van der Waals surface area contributed by atoms with E-state index in [9.17, 15) is 31.1 Å². The van der Waals surface area contributed by atoms with E-state index in [4.69, 9.17) is 5.26 Å². The third kappa shape index (κ3) is 5.98. The Morgan fingerprint density at radius 3 is 2.12 bits per heavy atom. The van der Waals surface area contributed by atoms with Crippen LogP contribution < -0.4 is 5.32 Å². The van der Waals surface area contributed by atoms with Crippen LogP contribution in [0, 0.1) is 11.3 Å². The highest BCUT2D eigenvalue weighted by atomic mass is 32.2. The number of thioether (sulfide) groups is 1. The summed E-state index contributed by atoms with van der Waals surface area (Å²) in [6, 6.07) is 9.41. The number of rotatable bonds is 5. The molecule has 32 heavy (non-hydrogen) atoms. The lowest BCUT2D eigenvalue weighted by Crippen LogP contribution is -2.17. The van der Waals surface area contributed by atoms with Crippen LogP contribution in [0.5, 0.6) is 0 Å². The molecule has 0 aliphatic heterocycles. The van der Waals surface area contributed by atoms with Crippen LogP contribution in [0.3, 0.4) is 0 Å². The van der Waals surface area contributed by atoms with Crippen molar-refractivity contribution in [2.45, 2.75) is 22.4 Å². The molecular formula is C19H10F6N4OS2. The second kappa shape index (κ2) is 9.17. The summed E-state index contributed by atoms with van der Waals surface area (Å²) in [5.74, 6) is -0.710. The normalized spacial score (nSPS) is 11.8. The number of benzene rings is 2. The van der Waals surface area contributed by atoms with Crippen molar-refractivity contribution in [2.24, 2.45) is 0 Å². The smallest absolute Gasteiger partial charge is 0.296 e. The van der Waals surface area contributed by atoms with Gasteiger partial charge < -0.3 is 0 Å². The molecule has 0 aliphatic rings. The molecule has 0 saturated carbocycles. The first-order chi connectivity index (χ1) is 15.0. The third-order valence-corrected chi connectivity index (χ3v) is 5.97. The van der Waals surface area contributed by atoms with Crippen LogP contribution in [0.1, 0.15) is 32.6 Å². The quantitative estimate of drug-likeness (QED) is 0.271. The van der Waals surface area contributed by atoms with Gasteiger partial charge in [-0.1, -0.05) is 35.2 Å². The Labute approximate surface area is 185 Å². The van der Waals surface area contributed by atoms with Gasteiger partial charge in [-0.3, -0.25) is 10.1 Å². The first-order valence-electron chi connectivity index (χ1n) is 8.52. The molecule has 13 heteroatoms. The van der Waals surface area contributed by atoms with E-state index >= 15 is 0 Å². The molecule has 0 saturated heterocycles. The van der Waals surface area contributed by atoms with Crippen LogP contribution in [-0.2, 0) is 18.1 Å². The fourth-order valence-corrected chi connectivity index (χ4v) is 4.10. The average Bonchev–Trinajstić information content (AvgIpc) is 3.18. The Kier molecular flexibility index (Phi) is 6.75. The van der Waals surface area contributed by atoms with E-state index in [1.807, 2.05) is 6.07 Å². The Balaban J connectivity index is 1.72. The van der Waals surface area contributed by atoms with E-state index in [1.165, 1.54) is 11.8 Å². The van der Waals surface area contributed by atoms with Gasteiger partial charge in [-0.25, -0.2) is 0 Å². The molecule has 3 rings (SSSR count). The predicted molar refractivity (Wildman–Crippen MR) is 105 cm³/mol. The first-order valence-corrected chi connectivity index (χ1v) is 10.3. The molecule has 0 aliphatic carbocycles. The van der Waals surface area contributed by atoms with Crippen molar-refractivity contribution in [3.8, 4) is 6.07 Å². The highest BCUT2D eigenvalue weighted by Gasteiger charge is 2.37. The molecule has 2 aromatic carbocycles. The predicted octanol–water partition coefficient (Wildman–Crippen LogP) is 5.99. The minimum Gasteiger partial charge on any atom is -0.296 e. The Morgan fingerprint density at radius 2 is 1.59 bits per heavy atom. The number of hydrogen-bond donors (Lipinski definition) is 1. The van der Waals surface area contributed by atoms with Crippen LogP contribution in [0.2, 0.25) is 0 Å². The van der Waals surface area contributed by atoms with Gasteiger partial charge in [-0.05, 0) is 35.9 Å². The van der Waals surface area contributed by atoms with Gasteiger partial charge in [0.1, 0.15) is 0 Å². The molecule has 3 aromatic rings. The van der Waals surface area contributed by atoms with Gasteiger partial charge in [0.15, 0.2) is 4.34 Å². The zero-order chi connectivity index (χ0) is 23.5. The summed E-state index contributed by atoms with van der Waals surface area (Å²) in [5.41, 5.74) is -2.60. The SMILES string of the molecule is N#Cc1ccc(CSc2nnc(NC(=O)c3cc(C(F)(F)F)cc(C(F)(F)F)c3)s2)cc1. The van der Waals surface area contributed by atoms with Gasteiger partial charge in [-0.2, -0.15) is 31.6 Å². The zero-order valence-electron chi connectivity index (χ0n) is 15.6. The van der Waals surface area contributed by atoms with Crippen LogP contribution in [0.25, 0.3) is 0 Å². The Morgan fingerprint density at radius 1 is 1.00 bits per heavy atom. The number of alkyl halides is 6. The number of nitrogens with zero attached hydrogens (tertiary/aromatic N) is 3. The van der Waals surface area contributed by atoms with Gasteiger partial charge >= 0.3 is 12.4 Å². The average molecular weight is 488 g/mol. The fraction of sp³-hybridized carbons (Fsp3) is 0.158. The van der Waals surface area contributed by atoms with Gasteiger partial charge in [0.05, 0.1) is 22.8 Å². The van der Waals surface area contributed by atoms with Crippen LogP contribution >= 0.6 is 23.1 Å². The van der Waals surface area contributed by atoms with E-state index in [0.29, 0.717) is 27.8 Å².